The van der Waals surface area contributed by atoms with E-state index < -0.39 is 0 Å². The van der Waals surface area contributed by atoms with E-state index in [0.29, 0.717) is 17.7 Å². The number of aryl methyl sites for hydroxylation is 1. The minimum absolute atomic E-state index is 0.0963. The molecule has 0 aliphatic rings. The Morgan fingerprint density at radius 3 is 2.73 bits per heavy atom. The number of rotatable bonds is 3. The molecule has 0 fully saturated rings. The van der Waals surface area contributed by atoms with Crippen molar-refractivity contribution in [3.63, 3.8) is 0 Å². The molecule has 0 saturated carbocycles. The molecule has 8 heteroatoms. The first kappa shape index (κ1) is 13.8. The Morgan fingerprint density at radius 2 is 2.00 bits per heavy atom. The van der Waals surface area contributed by atoms with Crippen molar-refractivity contribution in [2.45, 2.75) is 13.5 Å². The second-order valence-electron chi connectivity index (χ2n) is 4.91. The van der Waals surface area contributed by atoms with E-state index in [2.05, 4.69) is 39.0 Å². The van der Waals surface area contributed by atoms with Crippen LogP contribution in [-0.2, 0) is 6.54 Å². The molecule has 0 spiro atoms. The molecule has 3 aromatic rings. The van der Waals surface area contributed by atoms with Crippen molar-refractivity contribution < 1.29 is 0 Å². The van der Waals surface area contributed by atoms with Gasteiger partial charge in [-0.05, 0) is 18.1 Å². The van der Waals surface area contributed by atoms with E-state index in [4.69, 9.17) is 17.2 Å². The molecule has 0 aliphatic heterocycles. The van der Waals surface area contributed by atoms with Crippen LogP contribution in [0.1, 0.15) is 11.1 Å². The molecule has 0 saturated heterocycles. The smallest absolute Gasteiger partial charge is 0.224 e. The van der Waals surface area contributed by atoms with Crippen molar-refractivity contribution in [2.75, 3.05) is 5.73 Å². The fourth-order valence-corrected chi connectivity index (χ4v) is 2.23. The summed E-state index contributed by atoms with van der Waals surface area (Å²) in [6.45, 7) is 2.68. The fraction of sp³-hybridized carbons (Fsp3) is 0.143. The Hall–Kier alpha value is -3.16. The molecule has 0 aliphatic carbocycles. The van der Waals surface area contributed by atoms with Crippen molar-refractivity contribution >= 4 is 28.9 Å². The average Bonchev–Trinajstić information content (AvgIpc) is 2.84. The molecule has 2 aromatic heterocycles. The normalized spacial score (nSPS) is 10.8. The summed E-state index contributed by atoms with van der Waals surface area (Å²) in [6, 6.07) is 8.11. The van der Waals surface area contributed by atoms with Crippen molar-refractivity contribution in [1.29, 1.82) is 0 Å². The van der Waals surface area contributed by atoms with Gasteiger partial charge in [-0.25, -0.2) is 4.98 Å². The lowest BCUT2D eigenvalue weighted by molar-refractivity contribution is 0.808. The van der Waals surface area contributed by atoms with Crippen LogP contribution in [-0.4, -0.2) is 25.5 Å². The third-order valence-electron chi connectivity index (χ3n) is 3.30. The molecule has 0 unspecified atom stereocenters. The molecule has 1 aromatic carbocycles. The van der Waals surface area contributed by atoms with Gasteiger partial charge in [0.2, 0.25) is 5.95 Å². The number of aromatic nitrogens is 4. The number of fused-ring (bicyclic) bond motifs is 1. The van der Waals surface area contributed by atoms with E-state index in [-0.39, 0.29) is 17.7 Å². The van der Waals surface area contributed by atoms with E-state index in [1.165, 1.54) is 11.1 Å². The highest BCUT2D eigenvalue weighted by atomic mass is 15.2. The average molecular weight is 296 g/mol. The number of nitrogens with two attached hydrogens (primary N) is 3. The summed E-state index contributed by atoms with van der Waals surface area (Å²) < 4.78 is 1.89. The molecule has 6 N–H and O–H groups in total. The number of nitrogen functional groups attached to an aromatic ring is 1. The molecule has 22 heavy (non-hydrogen) atoms. The lowest BCUT2D eigenvalue weighted by Gasteiger charge is -2.07. The Balaban J connectivity index is 2.11. The highest BCUT2D eigenvalue weighted by molar-refractivity contribution is 5.87. The van der Waals surface area contributed by atoms with Crippen LogP contribution in [0, 0.1) is 6.92 Å². The van der Waals surface area contributed by atoms with Gasteiger partial charge in [-0.3, -0.25) is 0 Å². The maximum atomic E-state index is 5.74. The van der Waals surface area contributed by atoms with E-state index in [9.17, 15) is 0 Å². The van der Waals surface area contributed by atoms with Crippen molar-refractivity contribution in [3.8, 4) is 0 Å². The van der Waals surface area contributed by atoms with Gasteiger partial charge < -0.3 is 21.8 Å². The Morgan fingerprint density at radius 1 is 1.23 bits per heavy atom. The number of anilines is 1. The minimum Gasteiger partial charge on any atom is -0.370 e. The minimum atomic E-state index is -0.104. The predicted molar refractivity (Wildman–Crippen MR) is 85.5 cm³/mol. The van der Waals surface area contributed by atoms with Gasteiger partial charge in [0.25, 0.3) is 0 Å². The summed E-state index contributed by atoms with van der Waals surface area (Å²) in [5.74, 6) is 0.262. The molecular formula is C14H16N8. The Kier molecular flexibility index (Phi) is 3.34. The summed E-state index contributed by atoms with van der Waals surface area (Å²) in [5.41, 5.74) is 20.0. The Labute approximate surface area is 126 Å². The monoisotopic (exact) mass is 296 g/mol. The summed E-state index contributed by atoms with van der Waals surface area (Å²) in [7, 11) is 0. The van der Waals surface area contributed by atoms with Crippen LogP contribution in [0.25, 0.3) is 11.2 Å². The first-order chi connectivity index (χ1) is 10.5. The summed E-state index contributed by atoms with van der Waals surface area (Å²) in [6.07, 6.45) is 1.68. The molecular weight excluding hydrogens is 280 g/mol. The largest absolute Gasteiger partial charge is 0.370 e. The van der Waals surface area contributed by atoms with Gasteiger partial charge in [0, 0.05) is 0 Å². The number of imidazole rings is 1. The van der Waals surface area contributed by atoms with E-state index in [1.54, 1.807) is 6.33 Å². The van der Waals surface area contributed by atoms with E-state index in [0.717, 1.165) is 0 Å². The van der Waals surface area contributed by atoms with Gasteiger partial charge in [0.05, 0.1) is 12.9 Å². The van der Waals surface area contributed by atoms with Crippen LogP contribution in [0.5, 0.6) is 0 Å². The van der Waals surface area contributed by atoms with Gasteiger partial charge in [-0.2, -0.15) is 15.0 Å². The summed E-state index contributed by atoms with van der Waals surface area (Å²) in [5, 5.41) is 0. The summed E-state index contributed by atoms with van der Waals surface area (Å²) in [4.78, 5) is 16.5. The molecule has 2 heterocycles. The number of hydrogen-bond acceptors (Lipinski definition) is 5. The van der Waals surface area contributed by atoms with Crippen molar-refractivity contribution in [2.24, 2.45) is 16.5 Å². The van der Waals surface area contributed by atoms with Crippen LogP contribution < -0.4 is 17.2 Å². The maximum Gasteiger partial charge on any atom is 0.224 e. The molecule has 0 atom stereocenters. The molecule has 0 amide bonds. The van der Waals surface area contributed by atoms with Gasteiger partial charge >= 0.3 is 0 Å². The first-order valence-corrected chi connectivity index (χ1v) is 6.67. The number of guanidine groups is 1. The Bertz CT molecular complexity index is 860. The van der Waals surface area contributed by atoms with Crippen molar-refractivity contribution in [3.05, 3.63) is 41.7 Å². The van der Waals surface area contributed by atoms with Crippen LogP contribution in [0.3, 0.4) is 0 Å². The number of benzene rings is 1. The molecule has 0 radical (unpaired) electrons. The van der Waals surface area contributed by atoms with Gasteiger partial charge in [0.1, 0.15) is 0 Å². The SMILES string of the molecule is Cc1ccccc1Cn1cnc2c(N=C(N)N)nc(N)nc21. The van der Waals surface area contributed by atoms with E-state index >= 15 is 0 Å². The maximum absolute atomic E-state index is 5.74. The number of hydrogen-bond donors (Lipinski definition) is 3. The third kappa shape index (κ3) is 2.53. The first-order valence-electron chi connectivity index (χ1n) is 6.67. The lowest BCUT2D eigenvalue weighted by Crippen LogP contribution is -2.22. The molecule has 8 nitrogen and oxygen atoms in total. The topological polar surface area (TPSA) is 134 Å². The zero-order valence-corrected chi connectivity index (χ0v) is 12.1. The van der Waals surface area contributed by atoms with Crippen LogP contribution in [0.4, 0.5) is 11.8 Å². The fourth-order valence-electron chi connectivity index (χ4n) is 2.23. The standard InChI is InChI=1S/C14H16N8/c1-8-4-2-3-5-9(8)6-22-7-18-10-11(19-13(15)16)20-14(17)21-12(10)22/h2-5,7H,6H2,1H3,(H6,15,16,17,19,20,21). The van der Waals surface area contributed by atoms with Gasteiger partial charge in [-0.15, -0.1) is 0 Å². The highest BCUT2D eigenvalue weighted by Crippen LogP contribution is 2.23. The van der Waals surface area contributed by atoms with Crippen molar-refractivity contribution in [1.82, 2.24) is 19.5 Å². The quantitative estimate of drug-likeness (QED) is 0.480. The molecule has 3 rings (SSSR count). The molecule has 112 valence electrons. The predicted octanol–water partition coefficient (Wildman–Crippen LogP) is 0.670. The second kappa shape index (κ2) is 5.32. The summed E-state index contributed by atoms with van der Waals surface area (Å²) >= 11 is 0. The third-order valence-corrected chi connectivity index (χ3v) is 3.30. The number of nitrogens with zero attached hydrogens (tertiary/aromatic N) is 5. The highest BCUT2D eigenvalue weighted by Gasteiger charge is 2.12. The van der Waals surface area contributed by atoms with Crippen LogP contribution in [0.2, 0.25) is 0 Å². The lowest BCUT2D eigenvalue weighted by atomic mass is 10.1. The molecule has 0 bridgehead atoms. The van der Waals surface area contributed by atoms with Gasteiger partial charge in [-0.1, -0.05) is 24.3 Å². The second-order valence-corrected chi connectivity index (χ2v) is 4.91. The zero-order valence-electron chi connectivity index (χ0n) is 12.1. The van der Waals surface area contributed by atoms with E-state index in [1.807, 2.05) is 16.7 Å². The van der Waals surface area contributed by atoms with Crippen LogP contribution in [0.15, 0.2) is 35.6 Å². The number of aliphatic imine (C=N–C) groups is 1. The zero-order chi connectivity index (χ0) is 15.7. The van der Waals surface area contributed by atoms with Gasteiger partial charge in [0.15, 0.2) is 22.9 Å². The van der Waals surface area contributed by atoms with Crippen LogP contribution >= 0.6 is 0 Å².